The fourth-order valence-electron chi connectivity index (χ4n) is 4.33. The number of hydrogen-bond donors (Lipinski definition) is 1. The van der Waals surface area contributed by atoms with Gasteiger partial charge in [-0.05, 0) is 56.7 Å². The van der Waals surface area contributed by atoms with Crippen molar-refractivity contribution in [2.45, 2.75) is 59.2 Å². The summed E-state index contributed by atoms with van der Waals surface area (Å²) >= 11 is 6.52. The summed E-state index contributed by atoms with van der Waals surface area (Å²) in [5.74, 6) is -3.85. The SMILES string of the molecule is COc1c(F)cc(-c2c(C=O)nc(Cl)c([C@H](OC(C)(C)C)C(=O)O)c2N2CCC(C)(C)CC2)cc1F. The monoisotopic (exact) mass is 524 g/mol. The van der Waals surface area contributed by atoms with Gasteiger partial charge < -0.3 is 19.5 Å². The van der Waals surface area contributed by atoms with Gasteiger partial charge in [0.2, 0.25) is 0 Å². The third-order valence-corrected chi connectivity index (χ3v) is 6.47. The highest BCUT2D eigenvalue weighted by Crippen LogP contribution is 2.46. The van der Waals surface area contributed by atoms with Crippen molar-refractivity contribution in [3.63, 3.8) is 0 Å². The summed E-state index contributed by atoms with van der Waals surface area (Å²) in [5.41, 5.74) is -0.661. The third-order valence-electron chi connectivity index (χ3n) is 6.18. The number of carbonyl (C=O) groups is 2. The lowest BCUT2D eigenvalue weighted by Crippen LogP contribution is -2.39. The van der Waals surface area contributed by atoms with Crippen LogP contribution in [0.4, 0.5) is 14.5 Å². The van der Waals surface area contributed by atoms with Gasteiger partial charge in [0, 0.05) is 18.7 Å². The first-order valence-electron chi connectivity index (χ1n) is 11.6. The fraction of sp³-hybridized carbons (Fsp3) is 0.500. The van der Waals surface area contributed by atoms with E-state index < -0.39 is 35.1 Å². The number of methoxy groups -OCH3 is 1. The lowest BCUT2D eigenvalue weighted by atomic mass is 9.82. The van der Waals surface area contributed by atoms with Crippen molar-refractivity contribution in [2.75, 3.05) is 25.1 Å². The number of carbonyl (C=O) groups excluding carboxylic acids is 1. The molecule has 10 heteroatoms. The van der Waals surface area contributed by atoms with Crippen molar-refractivity contribution in [2.24, 2.45) is 5.41 Å². The highest BCUT2D eigenvalue weighted by molar-refractivity contribution is 6.31. The topological polar surface area (TPSA) is 89.0 Å². The first kappa shape index (κ1) is 27.8. The number of aromatic nitrogens is 1. The molecule has 1 saturated heterocycles. The summed E-state index contributed by atoms with van der Waals surface area (Å²) < 4.78 is 40.2. The second-order valence-electron chi connectivity index (χ2n) is 10.6. The Morgan fingerprint density at radius 3 is 2.22 bits per heavy atom. The molecule has 0 amide bonds. The molecule has 0 radical (unpaired) electrons. The largest absolute Gasteiger partial charge is 0.491 e. The highest BCUT2D eigenvalue weighted by Gasteiger charge is 2.37. The van der Waals surface area contributed by atoms with Crippen LogP contribution >= 0.6 is 11.6 Å². The van der Waals surface area contributed by atoms with Gasteiger partial charge in [-0.2, -0.15) is 0 Å². The zero-order chi connectivity index (χ0) is 27.0. The normalized spacial score (nSPS) is 16.5. The molecule has 0 bridgehead atoms. The van der Waals surface area contributed by atoms with Gasteiger partial charge in [0.25, 0.3) is 0 Å². The Kier molecular flexibility index (Phi) is 7.95. The van der Waals surface area contributed by atoms with Crippen LogP contribution in [0.3, 0.4) is 0 Å². The molecular weight excluding hydrogens is 494 g/mol. The van der Waals surface area contributed by atoms with Gasteiger partial charge in [0.1, 0.15) is 10.8 Å². The number of pyridine rings is 1. The van der Waals surface area contributed by atoms with E-state index in [4.69, 9.17) is 21.1 Å². The van der Waals surface area contributed by atoms with Crippen LogP contribution in [0.5, 0.6) is 5.75 Å². The summed E-state index contributed by atoms with van der Waals surface area (Å²) in [5, 5.41) is 9.90. The number of hydrogen-bond acceptors (Lipinski definition) is 6. The standard InChI is InChI=1S/C26H31ClF2N2O5/c1-25(2,3)36-22(24(33)34)19-20(31-9-7-26(4,5)8-10-31)18(17(13-32)30-23(19)27)14-11-15(28)21(35-6)16(29)12-14/h11-13,22H,7-10H2,1-6H3,(H,33,34)/t22-/m0/s1. The minimum atomic E-state index is -1.55. The summed E-state index contributed by atoms with van der Waals surface area (Å²) in [6.45, 7) is 10.3. The number of halogens is 3. The molecule has 0 spiro atoms. The van der Waals surface area contributed by atoms with E-state index >= 15 is 0 Å². The fourth-order valence-corrected chi connectivity index (χ4v) is 4.61. The van der Waals surface area contributed by atoms with Gasteiger partial charge in [0.15, 0.2) is 29.8 Å². The van der Waals surface area contributed by atoms with E-state index in [0.29, 0.717) is 19.4 Å². The molecule has 0 unspecified atom stereocenters. The average molecular weight is 525 g/mol. The maximum Gasteiger partial charge on any atom is 0.337 e. The van der Waals surface area contributed by atoms with Crippen LogP contribution in [0.1, 0.15) is 69.6 Å². The molecule has 196 valence electrons. The molecule has 1 aliphatic rings. The predicted octanol–water partition coefficient (Wildman–Crippen LogP) is 6.07. The molecule has 1 fully saturated rings. The summed E-state index contributed by atoms with van der Waals surface area (Å²) in [6, 6.07) is 2.06. The molecule has 7 nitrogen and oxygen atoms in total. The minimum absolute atomic E-state index is 0.00181. The number of ether oxygens (including phenoxy) is 2. The number of rotatable bonds is 7. The predicted molar refractivity (Wildman–Crippen MR) is 133 cm³/mol. The quantitative estimate of drug-likeness (QED) is 0.347. The van der Waals surface area contributed by atoms with Gasteiger partial charge in [-0.1, -0.05) is 25.4 Å². The lowest BCUT2D eigenvalue weighted by molar-refractivity contribution is -0.160. The van der Waals surface area contributed by atoms with Crippen LogP contribution < -0.4 is 9.64 Å². The molecule has 1 N–H and O–H groups in total. The van der Waals surface area contributed by atoms with E-state index in [0.717, 1.165) is 32.1 Å². The van der Waals surface area contributed by atoms with Crippen LogP contribution in [0.2, 0.25) is 5.15 Å². The number of aliphatic carboxylic acids is 1. The summed E-state index contributed by atoms with van der Waals surface area (Å²) in [6.07, 6.45) is 0.391. The van der Waals surface area contributed by atoms with E-state index in [1.165, 1.54) is 0 Å². The van der Waals surface area contributed by atoms with Crippen molar-refractivity contribution in [3.05, 3.63) is 40.2 Å². The summed E-state index contributed by atoms with van der Waals surface area (Å²) in [4.78, 5) is 30.6. The third kappa shape index (κ3) is 5.78. The van der Waals surface area contributed by atoms with E-state index in [-0.39, 0.29) is 38.6 Å². The minimum Gasteiger partial charge on any atom is -0.491 e. The van der Waals surface area contributed by atoms with Gasteiger partial charge in [0.05, 0.1) is 24.0 Å². The number of aldehydes is 1. The molecule has 1 aromatic carbocycles. The van der Waals surface area contributed by atoms with Gasteiger partial charge >= 0.3 is 5.97 Å². The first-order chi connectivity index (χ1) is 16.7. The van der Waals surface area contributed by atoms with Crippen LogP contribution in [-0.4, -0.2) is 48.1 Å². The number of carboxylic acid groups (broad SMARTS) is 1. The number of nitrogens with zero attached hydrogens (tertiary/aromatic N) is 2. The number of piperidine rings is 1. The Morgan fingerprint density at radius 1 is 1.22 bits per heavy atom. The van der Waals surface area contributed by atoms with Gasteiger partial charge in [-0.15, -0.1) is 0 Å². The average Bonchev–Trinajstić information content (AvgIpc) is 2.76. The Hall–Kier alpha value is -2.78. The smallest absolute Gasteiger partial charge is 0.337 e. The maximum absolute atomic E-state index is 14.8. The molecule has 0 saturated carbocycles. The van der Waals surface area contributed by atoms with Gasteiger partial charge in [-0.3, -0.25) is 4.79 Å². The second kappa shape index (κ2) is 10.3. The van der Waals surface area contributed by atoms with Crippen LogP contribution in [0.15, 0.2) is 12.1 Å². The van der Waals surface area contributed by atoms with Crippen molar-refractivity contribution in [1.29, 1.82) is 0 Å². The molecule has 1 aliphatic heterocycles. The molecule has 36 heavy (non-hydrogen) atoms. The Labute approximate surface area is 214 Å². The molecule has 2 heterocycles. The van der Waals surface area contributed by atoms with Crippen molar-refractivity contribution < 1.29 is 33.0 Å². The Morgan fingerprint density at radius 2 is 1.78 bits per heavy atom. The van der Waals surface area contributed by atoms with E-state index in [1.54, 1.807) is 20.8 Å². The van der Waals surface area contributed by atoms with Crippen molar-refractivity contribution >= 4 is 29.5 Å². The molecule has 1 aromatic heterocycles. The molecule has 0 aliphatic carbocycles. The molecular formula is C26H31ClF2N2O5. The second-order valence-corrected chi connectivity index (χ2v) is 11.0. The number of carboxylic acids is 1. The Balaban J connectivity index is 2.41. The van der Waals surface area contributed by atoms with Crippen LogP contribution in [-0.2, 0) is 9.53 Å². The highest BCUT2D eigenvalue weighted by atomic mass is 35.5. The summed E-state index contributed by atoms with van der Waals surface area (Å²) in [7, 11) is 1.14. The van der Waals surface area contributed by atoms with Gasteiger partial charge in [-0.25, -0.2) is 18.6 Å². The van der Waals surface area contributed by atoms with Crippen LogP contribution in [0, 0.1) is 17.0 Å². The lowest BCUT2D eigenvalue weighted by Gasteiger charge is -2.41. The number of anilines is 1. The zero-order valence-corrected chi connectivity index (χ0v) is 22.0. The van der Waals surface area contributed by atoms with E-state index in [1.807, 2.05) is 4.90 Å². The zero-order valence-electron chi connectivity index (χ0n) is 21.2. The Bertz CT molecular complexity index is 1150. The van der Waals surface area contributed by atoms with Crippen molar-refractivity contribution in [3.8, 4) is 16.9 Å². The molecule has 1 atom stereocenters. The van der Waals surface area contributed by atoms with E-state index in [2.05, 4.69) is 18.8 Å². The molecule has 3 rings (SSSR count). The molecule has 2 aromatic rings. The van der Waals surface area contributed by atoms with Crippen molar-refractivity contribution in [1.82, 2.24) is 4.98 Å². The van der Waals surface area contributed by atoms with Crippen LogP contribution in [0.25, 0.3) is 11.1 Å². The maximum atomic E-state index is 14.8. The first-order valence-corrected chi connectivity index (χ1v) is 11.9. The number of benzene rings is 1. The van der Waals surface area contributed by atoms with E-state index in [9.17, 15) is 23.5 Å².